The fourth-order valence-electron chi connectivity index (χ4n) is 0.455. The highest BCUT2D eigenvalue weighted by Crippen LogP contribution is 1.94. The van der Waals surface area contributed by atoms with E-state index in [9.17, 15) is 4.79 Å². The van der Waals surface area contributed by atoms with Crippen LogP contribution in [0.4, 0.5) is 0 Å². The summed E-state index contributed by atoms with van der Waals surface area (Å²) in [4.78, 5) is 10.8. The Hall–Kier alpha value is -0.693. The van der Waals surface area contributed by atoms with Gasteiger partial charge in [-0.15, -0.1) is 0 Å². The van der Waals surface area contributed by atoms with Gasteiger partial charge in [0.25, 0.3) is 0 Å². The van der Waals surface area contributed by atoms with Gasteiger partial charge in [-0.3, -0.25) is 0 Å². The summed E-state index contributed by atoms with van der Waals surface area (Å²) in [5.74, 6) is -0.492. The van der Waals surface area contributed by atoms with Crippen LogP contribution in [0.3, 0.4) is 0 Å². The van der Waals surface area contributed by atoms with Crippen molar-refractivity contribution in [2.75, 3.05) is 21.0 Å². The number of carbonyl (C=O) groups is 1. The normalized spacial score (nSPS) is 10.2. The fraction of sp³-hybridized carbons (Fsp3) is 0.571. The maximum Gasteiger partial charge on any atom is 0.579 e. The average Bonchev–Trinajstić information content (AvgIpc) is 2.12. The standard InChI is InChI=1S/C7H13O5Si/c1-6(2)7(8)11-5-12-13(9-3)10-4/h1,5H2,2-4H3. The van der Waals surface area contributed by atoms with E-state index in [-0.39, 0.29) is 6.79 Å². The lowest BCUT2D eigenvalue weighted by molar-refractivity contribution is -0.147. The summed E-state index contributed by atoms with van der Waals surface area (Å²) < 4.78 is 19.1. The van der Waals surface area contributed by atoms with E-state index in [1.54, 1.807) is 6.92 Å². The van der Waals surface area contributed by atoms with Crippen LogP contribution in [-0.4, -0.2) is 36.5 Å². The zero-order valence-corrected chi connectivity index (χ0v) is 8.96. The molecule has 0 N–H and O–H groups in total. The topological polar surface area (TPSA) is 54.0 Å². The number of rotatable bonds is 6. The first-order chi connectivity index (χ1) is 6.11. The predicted molar refractivity (Wildman–Crippen MR) is 46.6 cm³/mol. The molecule has 13 heavy (non-hydrogen) atoms. The molecule has 0 aliphatic carbocycles. The minimum atomic E-state index is -1.75. The summed E-state index contributed by atoms with van der Waals surface area (Å²) in [6, 6.07) is 0. The third-order valence-electron chi connectivity index (χ3n) is 1.05. The first-order valence-electron chi connectivity index (χ1n) is 3.52. The zero-order valence-electron chi connectivity index (χ0n) is 7.96. The van der Waals surface area contributed by atoms with Gasteiger partial charge >= 0.3 is 15.5 Å². The highest BCUT2D eigenvalue weighted by Gasteiger charge is 2.15. The van der Waals surface area contributed by atoms with Crippen molar-refractivity contribution in [1.29, 1.82) is 0 Å². The van der Waals surface area contributed by atoms with Crippen LogP contribution in [0, 0.1) is 0 Å². The van der Waals surface area contributed by atoms with Crippen molar-refractivity contribution in [3.05, 3.63) is 12.2 Å². The lowest BCUT2D eigenvalue weighted by atomic mass is 10.4. The van der Waals surface area contributed by atoms with Gasteiger partial charge in [-0.2, -0.15) is 0 Å². The van der Waals surface area contributed by atoms with Gasteiger partial charge in [0.15, 0.2) is 6.79 Å². The molecule has 0 bridgehead atoms. The molecule has 0 heterocycles. The Labute approximate surface area is 79.2 Å². The highest BCUT2D eigenvalue weighted by molar-refractivity contribution is 6.36. The minimum absolute atomic E-state index is 0.179. The maximum atomic E-state index is 10.8. The molecular weight excluding hydrogens is 192 g/mol. The molecule has 0 aliphatic rings. The van der Waals surface area contributed by atoms with Gasteiger partial charge in [0, 0.05) is 19.8 Å². The number of ether oxygens (including phenoxy) is 1. The monoisotopic (exact) mass is 205 g/mol. The molecular formula is C7H13O5Si. The van der Waals surface area contributed by atoms with Gasteiger partial charge in [-0.25, -0.2) is 4.79 Å². The van der Waals surface area contributed by atoms with Crippen molar-refractivity contribution >= 4 is 15.5 Å². The molecule has 0 unspecified atom stereocenters. The van der Waals surface area contributed by atoms with E-state index in [0.717, 1.165) is 0 Å². The van der Waals surface area contributed by atoms with Crippen LogP contribution in [0.25, 0.3) is 0 Å². The van der Waals surface area contributed by atoms with Crippen LogP contribution < -0.4 is 0 Å². The summed E-state index contributed by atoms with van der Waals surface area (Å²) in [5, 5.41) is 0. The first kappa shape index (κ1) is 12.3. The third-order valence-corrected chi connectivity index (χ3v) is 2.07. The molecule has 0 atom stereocenters. The van der Waals surface area contributed by atoms with E-state index in [0.29, 0.717) is 5.57 Å². The van der Waals surface area contributed by atoms with Crippen LogP contribution in [0.15, 0.2) is 12.2 Å². The summed E-state index contributed by atoms with van der Waals surface area (Å²) in [6.07, 6.45) is 0. The Morgan fingerprint density at radius 2 is 1.92 bits per heavy atom. The van der Waals surface area contributed by atoms with Gasteiger partial charge in [0.05, 0.1) is 0 Å². The molecule has 0 aliphatic heterocycles. The Morgan fingerprint density at radius 1 is 1.38 bits per heavy atom. The molecule has 0 saturated heterocycles. The predicted octanol–water partition coefficient (Wildman–Crippen LogP) is 0.357. The van der Waals surface area contributed by atoms with E-state index in [1.807, 2.05) is 0 Å². The van der Waals surface area contributed by atoms with E-state index < -0.39 is 15.5 Å². The molecule has 6 heteroatoms. The van der Waals surface area contributed by atoms with Crippen molar-refractivity contribution < 1.29 is 22.8 Å². The van der Waals surface area contributed by atoms with Gasteiger partial charge in [-0.05, 0) is 6.92 Å². The number of esters is 1. The lowest BCUT2D eigenvalue weighted by Crippen LogP contribution is -2.26. The van der Waals surface area contributed by atoms with Crippen LogP contribution in [0.5, 0.6) is 0 Å². The Balaban J connectivity index is 3.54. The molecule has 0 aromatic carbocycles. The van der Waals surface area contributed by atoms with E-state index >= 15 is 0 Å². The molecule has 0 fully saturated rings. The Bertz CT molecular complexity index is 178. The van der Waals surface area contributed by atoms with E-state index in [1.165, 1.54) is 14.2 Å². The number of hydrogen-bond acceptors (Lipinski definition) is 5. The molecule has 0 amide bonds. The molecule has 0 aromatic heterocycles. The second kappa shape index (κ2) is 6.78. The molecule has 0 rings (SSSR count). The molecule has 0 saturated carbocycles. The van der Waals surface area contributed by atoms with Crippen molar-refractivity contribution in [1.82, 2.24) is 0 Å². The van der Waals surface area contributed by atoms with Crippen molar-refractivity contribution in [3.63, 3.8) is 0 Å². The first-order valence-corrected chi connectivity index (χ1v) is 4.74. The van der Waals surface area contributed by atoms with Gasteiger partial charge in [0.2, 0.25) is 0 Å². The van der Waals surface area contributed by atoms with Crippen molar-refractivity contribution in [2.45, 2.75) is 6.92 Å². The Kier molecular flexibility index (Phi) is 6.42. The molecule has 5 nitrogen and oxygen atoms in total. The average molecular weight is 205 g/mol. The lowest BCUT2D eigenvalue weighted by Gasteiger charge is -2.09. The van der Waals surface area contributed by atoms with Crippen LogP contribution >= 0.6 is 0 Å². The largest absolute Gasteiger partial charge is 0.579 e. The fourth-order valence-corrected chi connectivity index (χ4v) is 1.01. The van der Waals surface area contributed by atoms with Gasteiger partial charge < -0.3 is 18.0 Å². The minimum Gasteiger partial charge on any atom is -0.436 e. The van der Waals surface area contributed by atoms with E-state index in [2.05, 4.69) is 11.3 Å². The van der Waals surface area contributed by atoms with Crippen LogP contribution in [0.2, 0.25) is 0 Å². The molecule has 75 valence electrons. The SMILES string of the molecule is C=C(C)C(=O)OCO[Si](OC)OC. The summed E-state index contributed by atoms with van der Waals surface area (Å²) >= 11 is 0. The molecule has 1 radical (unpaired) electrons. The summed E-state index contributed by atoms with van der Waals surface area (Å²) in [5.41, 5.74) is 0.326. The van der Waals surface area contributed by atoms with Gasteiger partial charge in [-0.1, -0.05) is 6.58 Å². The highest BCUT2D eigenvalue weighted by atomic mass is 28.3. The number of carbonyl (C=O) groups excluding carboxylic acids is 1. The second-order valence-electron chi connectivity index (χ2n) is 2.13. The second-order valence-corrected chi connectivity index (χ2v) is 3.74. The summed E-state index contributed by atoms with van der Waals surface area (Å²) in [6.45, 7) is 4.79. The van der Waals surface area contributed by atoms with Crippen molar-refractivity contribution in [2.24, 2.45) is 0 Å². The smallest absolute Gasteiger partial charge is 0.436 e. The van der Waals surface area contributed by atoms with Crippen LogP contribution in [-0.2, 0) is 22.8 Å². The Morgan fingerprint density at radius 3 is 2.31 bits per heavy atom. The molecule has 0 aromatic rings. The third kappa shape index (κ3) is 5.53. The quantitative estimate of drug-likeness (QED) is 0.271. The molecule has 0 spiro atoms. The van der Waals surface area contributed by atoms with Crippen LogP contribution in [0.1, 0.15) is 6.92 Å². The van der Waals surface area contributed by atoms with E-state index in [4.69, 9.17) is 13.3 Å². The maximum absolute atomic E-state index is 10.8. The summed E-state index contributed by atoms with van der Waals surface area (Å²) in [7, 11) is 1.16. The number of hydrogen-bond donors (Lipinski definition) is 0. The van der Waals surface area contributed by atoms with Crippen molar-refractivity contribution in [3.8, 4) is 0 Å². The van der Waals surface area contributed by atoms with Gasteiger partial charge in [0.1, 0.15) is 0 Å². The zero-order chi connectivity index (χ0) is 10.3.